The van der Waals surface area contributed by atoms with Crippen molar-refractivity contribution in [1.82, 2.24) is 19.8 Å². The van der Waals surface area contributed by atoms with Crippen molar-refractivity contribution in [3.8, 4) is 16.9 Å². The number of rotatable bonds is 4. The quantitative estimate of drug-likeness (QED) is 0.390. The van der Waals surface area contributed by atoms with Gasteiger partial charge in [-0.25, -0.2) is 4.98 Å². The topological polar surface area (TPSA) is 61.5 Å². The lowest BCUT2D eigenvalue weighted by Gasteiger charge is -2.30. The van der Waals surface area contributed by atoms with E-state index in [0.29, 0.717) is 19.7 Å². The van der Waals surface area contributed by atoms with E-state index in [0.717, 1.165) is 45.8 Å². The minimum absolute atomic E-state index is 0.124. The van der Waals surface area contributed by atoms with E-state index < -0.39 is 0 Å². The summed E-state index contributed by atoms with van der Waals surface area (Å²) in [7, 11) is 0. The van der Waals surface area contributed by atoms with Gasteiger partial charge in [-0.2, -0.15) is 0 Å². The number of carbonyl (C=O) groups is 1. The van der Waals surface area contributed by atoms with Crippen molar-refractivity contribution in [2.75, 3.05) is 13.2 Å². The third kappa shape index (κ3) is 4.17. The Bertz CT molecular complexity index is 1460. The molecule has 2 aromatic heterocycles. The molecule has 1 N–H and O–H groups in total. The molecule has 2 aliphatic rings. The van der Waals surface area contributed by atoms with Crippen LogP contribution in [0.2, 0.25) is 0 Å². The molecule has 0 bridgehead atoms. The molecular formula is C29H30N4O2S. The molecule has 0 fully saturated rings. The summed E-state index contributed by atoms with van der Waals surface area (Å²) in [6.07, 6.45) is 2.14. The number of benzene rings is 2. The Labute approximate surface area is 215 Å². The number of allylic oxidation sites excluding steroid dienone is 1. The van der Waals surface area contributed by atoms with Crippen molar-refractivity contribution in [3.05, 3.63) is 81.9 Å². The second kappa shape index (κ2) is 9.13. The highest BCUT2D eigenvalue weighted by molar-refractivity contribution is 7.09. The molecule has 0 spiro atoms. The van der Waals surface area contributed by atoms with Gasteiger partial charge in [-0.1, -0.05) is 24.3 Å². The van der Waals surface area contributed by atoms with E-state index >= 15 is 0 Å². The Balaban J connectivity index is 1.23. The molecule has 2 atom stereocenters. The van der Waals surface area contributed by atoms with Crippen LogP contribution in [0.4, 0.5) is 0 Å². The molecule has 7 heteroatoms. The fraction of sp³-hybridized carbons (Fsp3) is 0.310. The molecule has 0 saturated carbocycles. The summed E-state index contributed by atoms with van der Waals surface area (Å²) >= 11 is 1.76. The number of amides is 1. The molecule has 0 radical (unpaired) electrons. The highest BCUT2D eigenvalue weighted by atomic mass is 32.1. The lowest BCUT2D eigenvalue weighted by atomic mass is 9.99. The first kappa shape index (κ1) is 22.9. The van der Waals surface area contributed by atoms with E-state index in [9.17, 15) is 4.79 Å². The van der Waals surface area contributed by atoms with E-state index in [1.807, 2.05) is 17.9 Å². The summed E-state index contributed by atoms with van der Waals surface area (Å²) in [5.41, 5.74) is 6.41. The van der Waals surface area contributed by atoms with E-state index in [2.05, 4.69) is 82.6 Å². The molecule has 2 aliphatic heterocycles. The average molecular weight is 499 g/mol. The first-order valence-corrected chi connectivity index (χ1v) is 13.3. The van der Waals surface area contributed by atoms with Gasteiger partial charge in [0.2, 0.25) is 5.91 Å². The number of hydrogen-bond donors (Lipinski definition) is 1. The SMILES string of the molecule is CC1=CC(C(=O)N2CCOc3ccc(-c4ccc5[nH]c(C)nc5c4)cc3C2)C(C)N1Cc1cccs1. The van der Waals surface area contributed by atoms with Gasteiger partial charge in [-0.15, -0.1) is 11.3 Å². The molecule has 2 unspecified atom stereocenters. The predicted octanol–water partition coefficient (Wildman–Crippen LogP) is 5.75. The molecule has 36 heavy (non-hydrogen) atoms. The van der Waals surface area contributed by atoms with Crippen LogP contribution in [0.1, 0.15) is 30.1 Å². The van der Waals surface area contributed by atoms with Crippen LogP contribution >= 0.6 is 11.3 Å². The van der Waals surface area contributed by atoms with Crippen LogP contribution in [0.5, 0.6) is 5.75 Å². The van der Waals surface area contributed by atoms with Crippen molar-refractivity contribution < 1.29 is 9.53 Å². The largest absolute Gasteiger partial charge is 0.491 e. The number of hydrogen-bond acceptors (Lipinski definition) is 5. The fourth-order valence-electron chi connectivity index (χ4n) is 5.41. The number of aryl methyl sites for hydroxylation is 1. The van der Waals surface area contributed by atoms with Gasteiger partial charge < -0.3 is 19.5 Å². The van der Waals surface area contributed by atoms with Crippen LogP contribution in [0.15, 0.2) is 65.7 Å². The summed E-state index contributed by atoms with van der Waals surface area (Å²) in [4.78, 5) is 27.3. The summed E-state index contributed by atoms with van der Waals surface area (Å²) in [5.74, 6) is 1.79. The number of thiophene rings is 1. The van der Waals surface area contributed by atoms with E-state index in [1.54, 1.807) is 11.3 Å². The summed E-state index contributed by atoms with van der Waals surface area (Å²) in [6, 6.07) is 16.9. The maximum Gasteiger partial charge on any atom is 0.232 e. The summed E-state index contributed by atoms with van der Waals surface area (Å²) < 4.78 is 6.06. The number of aromatic amines is 1. The lowest BCUT2D eigenvalue weighted by molar-refractivity contribution is -0.135. The standard InChI is InChI=1S/C29H30N4O2S/c1-18-13-25(19(2)33(18)17-24-5-4-12-36-24)29(34)32-10-11-35-28-9-7-21(14-23(28)16-32)22-6-8-26-27(15-22)31-20(3)30-26/h4-9,12-15,19,25H,10-11,16-17H2,1-3H3,(H,30,31). The molecule has 1 amide bonds. The van der Waals surface area contributed by atoms with Gasteiger partial charge in [-0.3, -0.25) is 4.79 Å². The zero-order chi connectivity index (χ0) is 24.8. The zero-order valence-electron chi connectivity index (χ0n) is 20.8. The smallest absolute Gasteiger partial charge is 0.232 e. The van der Waals surface area contributed by atoms with Crippen molar-refractivity contribution >= 4 is 28.3 Å². The number of ether oxygens (including phenoxy) is 1. The van der Waals surface area contributed by atoms with Gasteiger partial charge in [0.15, 0.2) is 0 Å². The summed E-state index contributed by atoms with van der Waals surface area (Å²) in [6.45, 7) is 8.72. The molecule has 6 rings (SSSR count). The van der Waals surface area contributed by atoms with E-state index in [1.165, 1.54) is 10.6 Å². The van der Waals surface area contributed by atoms with Gasteiger partial charge in [0, 0.05) is 28.7 Å². The maximum atomic E-state index is 13.8. The van der Waals surface area contributed by atoms with Crippen molar-refractivity contribution in [2.24, 2.45) is 5.92 Å². The fourth-order valence-corrected chi connectivity index (χ4v) is 6.12. The van der Waals surface area contributed by atoms with Crippen LogP contribution < -0.4 is 4.74 Å². The Kier molecular flexibility index (Phi) is 5.80. The van der Waals surface area contributed by atoms with Gasteiger partial charge in [0.05, 0.1) is 30.0 Å². The van der Waals surface area contributed by atoms with Crippen LogP contribution in [-0.2, 0) is 17.9 Å². The van der Waals surface area contributed by atoms with Crippen molar-refractivity contribution in [2.45, 2.75) is 39.9 Å². The summed E-state index contributed by atoms with van der Waals surface area (Å²) in [5, 5.41) is 2.11. The normalized spacial score (nSPS) is 19.7. The number of imidazole rings is 1. The lowest BCUT2D eigenvalue weighted by Crippen LogP contribution is -2.42. The van der Waals surface area contributed by atoms with Crippen LogP contribution in [-0.4, -0.2) is 44.9 Å². The Morgan fingerprint density at radius 3 is 2.83 bits per heavy atom. The zero-order valence-corrected chi connectivity index (χ0v) is 21.6. The molecule has 2 aromatic carbocycles. The second-order valence-corrected chi connectivity index (χ2v) is 10.8. The molecule has 4 aromatic rings. The first-order chi connectivity index (χ1) is 17.5. The van der Waals surface area contributed by atoms with Crippen molar-refractivity contribution in [3.63, 3.8) is 0 Å². The number of carbonyl (C=O) groups excluding carboxylic acids is 1. The van der Waals surface area contributed by atoms with Crippen LogP contribution in [0.3, 0.4) is 0 Å². The predicted molar refractivity (Wildman–Crippen MR) is 144 cm³/mol. The van der Waals surface area contributed by atoms with Gasteiger partial charge in [0.1, 0.15) is 18.2 Å². The minimum Gasteiger partial charge on any atom is -0.491 e. The third-order valence-corrected chi connectivity index (χ3v) is 8.22. The number of nitrogens with zero attached hydrogens (tertiary/aromatic N) is 3. The first-order valence-electron chi connectivity index (χ1n) is 12.4. The maximum absolute atomic E-state index is 13.8. The minimum atomic E-state index is -0.153. The molecular weight excluding hydrogens is 468 g/mol. The molecule has 6 nitrogen and oxygen atoms in total. The highest BCUT2D eigenvalue weighted by Gasteiger charge is 2.37. The van der Waals surface area contributed by atoms with Crippen LogP contribution in [0.25, 0.3) is 22.2 Å². The van der Waals surface area contributed by atoms with Gasteiger partial charge >= 0.3 is 0 Å². The molecule has 4 heterocycles. The Hall–Kier alpha value is -3.58. The number of fused-ring (bicyclic) bond motifs is 2. The van der Waals surface area contributed by atoms with E-state index in [4.69, 9.17) is 4.74 Å². The Morgan fingerprint density at radius 1 is 1.17 bits per heavy atom. The van der Waals surface area contributed by atoms with Crippen molar-refractivity contribution in [1.29, 1.82) is 0 Å². The monoisotopic (exact) mass is 498 g/mol. The third-order valence-electron chi connectivity index (χ3n) is 7.36. The molecule has 0 aliphatic carbocycles. The van der Waals surface area contributed by atoms with Gasteiger partial charge in [-0.05, 0) is 67.6 Å². The number of aromatic nitrogens is 2. The van der Waals surface area contributed by atoms with Crippen LogP contribution in [0, 0.1) is 12.8 Å². The second-order valence-electron chi connectivity index (χ2n) is 9.77. The number of H-pyrrole nitrogens is 1. The van der Waals surface area contributed by atoms with E-state index in [-0.39, 0.29) is 17.9 Å². The Morgan fingerprint density at radius 2 is 2.00 bits per heavy atom. The van der Waals surface area contributed by atoms with Gasteiger partial charge in [0.25, 0.3) is 0 Å². The molecule has 0 saturated heterocycles. The average Bonchev–Trinajstić information content (AvgIpc) is 3.54. The number of nitrogens with one attached hydrogen (secondary N) is 1. The highest BCUT2D eigenvalue weighted by Crippen LogP contribution is 2.34. The molecule has 184 valence electrons.